The van der Waals surface area contributed by atoms with Crippen molar-refractivity contribution >= 4 is 23.7 Å². The summed E-state index contributed by atoms with van der Waals surface area (Å²) in [7, 11) is 0. The van der Waals surface area contributed by atoms with Gasteiger partial charge in [-0.1, -0.05) is 36.8 Å². The fourth-order valence-electron chi connectivity index (χ4n) is 3.49. The molecule has 1 aromatic heterocycles. The van der Waals surface area contributed by atoms with E-state index in [0.717, 1.165) is 26.6 Å². The number of rotatable bonds is 10. The van der Waals surface area contributed by atoms with Crippen molar-refractivity contribution in [3.63, 3.8) is 0 Å². The van der Waals surface area contributed by atoms with Gasteiger partial charge in [-0.25, -0.2) is 14.3 Å². The number of hydrogen-bond donors (Lipinski definition) is 1. The molecule has 0 spiro atoms. The second kappa shape index (κ2) is 11.5. The molecule has 12 heteroatoms. The average Bonchev–Trinajstić information content (AvgIpc) is 3.13. The largest absolute Gasteiger partial charge is 0.480 e. The van der Waals surface area contributed by atoms with E-state index < -0.39 is 40.5 Å². The number of carboxylic acid groups (broad SMARTS) is 1. The van der Waals surface area contributed by atoms with Gasteiger partial charge >= 0.3 is 23.8 Å². The fraction of sp³-hybridized carbons (Fsp3) is 0.385. The van der Waals surface area contributed by atoms with Gasteiger partial charge in [0.05, 0.1) is 12.1 Å². The van der Waals surface area contributed by atoms with E-state index in [9.17, 15) is 32.7 Å². The molecule has 0 aliphatic carbocycles. The van der Waals surface area contributed by atoms with E-state index in [0.29, 0.717) is 16.9 Å². The Morgan fingerprint density at radius 3 is 2.21 bits per heavy atom. The maximum atomic E-state index is 14.1. The zero-order valence-corrected chi connectivity index (χ0v) is 22.1. The van der Waals surface area contributed by atoms with Gasteiger partial charge in [0, 0.05) is 11.4 Å². The molecule has 0 saturated carbocycles. The number of aliphatic carboxylic acids is 1. The standard InChI is InChI=1S/C26H28F3N3O5S/c1-5-14-31-21(30-32(24(31)36)15-17-8-6-16(2)7-9-17)20(26(27,28)29)37-22(33)18-10-12-19(13-11-18)38-25(3,4)23(34)35/h6-13,20H,5,14-15H2,1-4H3,(H,34,35). The molecule has 0 fully saturated rings. The first-order valence-corrected chi connectivity index (χ1v) is 12.6. The number of benzene rings is 2. The first-order valence-electron chi connectivity index (χ1n) is 11.8. The zero-order chi connectivity index (χ0) is 28.3. The average molecular weight is 552 g/mol. The highest BCUT2D eigenvalue weighted by atomic mass is 32.2. The number of thioether (sulfide) groups is 1. The van der Waals surface area contributed by atoms with Gasteiger partial charge in [0.2, 0.25) is 0 Å². The van der Waals surface area contributed by atoms with Crippen LogP contribution in [0.1, 0.15) is 60.6 Å². The minimum absolute atomic E-state index is 0.0442. The van der Waals surface area contributed by atoms with Gasteiger partial charge in [-0.15, -0.1) is 11.8 Å². The fourth-order valence-corrected chi connectivity index (χ4v) is 4.44. The van der Waals surface area contributed by atoms with E-state index in [4.69, 9.17) is 4.74 Å². The molecule has 0 amide bonds. The van der Waals surface area contributed by atoms with Crippen LogP contribution in [0.4, 0.5) is 13.2 Å². The highest BCUT2D eigenvalue weighted by molar-refractivity contribution is 8.01. The highest BCUT2D eigenvalue weighted by Gasteiger charge is 2.48. The van der Waals surface area contributed by atoms with E-state index in [1.54, 1.807) is 19.1 Å². The lowest BCUT2D eigenvalue weighted by Gasteiger charge is -2.21. The summed E-state index contributed by atoms with van der Waals surface area (Å²) >= 11 is 1.02. The number of carbonyl (C=O) groups is 2. The number of aryl methyl sites for hydroxylation is 1. The molecule has 0 saturated heterocycles. The second-order valence-electron chi connectivity index (χ2n) is 9.20. The smallest absolute Gasteiger partial charge is 0.433 e. The predicted molar refractivity (Wildman–Crippen MR) is 135 cm³/mol. The van der Waals surface area contributed by atoms with E-state index in [-0.39, 0.29) is 18.7 Å². The number of hydrogen-bond acceptors (Lipinski definition) is 6. The number of aromatic nitrogens is 3. The van der Waals surface area contributed by atoms with Crippen LogP contribution in [0.15, 0.2) is 58.2 Å². The molecule has 0 bridgehead atoms. The van der Waals surface area contributed by atoms with Crippen molar-refractivity contribution in [2.75, 3.05) is 0 Å². The lowest BCUT2D eigenvalue weighted by atomic mass is 10.1. The quantitative estimate of drug-likeness (QED) is 0.272. The third kappa shape index (κ3) is 6.85. The van der Waals surface area contributed by atoms with Crippen LogP contribution in [-0.2, 0) is 22.6 Å². The van der Waals surface area contributed by atoms with Crippen LogP contribution in [0, 0.1) is 6.92 Å². The Hall–Kier alpha value is -3.54. The molecule has 204 valence electrons. The number of nitrogens with zero attached hydrogens (tertiary/aromatic N) is 3. The lowest BCUT2D eigenvalue weighted by molar-refractivity contribution is -0.210. The maximum Gasteiger partial charge on any atom is 0.433 e. The second-order valence-corrected chi connectivity index (χ2v) is 10.9. The summed E-state index contributed by atoms with van der Waals surface area (Å²) in [6.45, 7) is 6.50. The van der Waals surface area contributed by atoms with Crippen LogP contribution >= 0.6 is 11.8 Å². The number of ether oxygens (including phenoxy) is 1. The van der Waals surface area contributed by atoms with Crippen molar-refractivity contribution in [1.29, 1.82) is 0 Å². The lowest BCUT2D eigenvalue weighted by Crippen LogP contribution is -2.31. The Bertz CT molecular complexity index is 1350. The van der Waals surface area contributed by atoms with Gasteiger partial charge in [-0.05, 0) is 57.0 Å². The van der Waals surface area contributed by atoms with E-state index >= 15 is 0 Å². The minimum atomic E-state index is -5.04. The predicted octanol–water partition coefficient (Wildman–Crippen LogP) is 5.23. The summed E-state index contributed by atoms with van der Waals surface area (Å²) in [5, 5.41) is 13.2. The monoisotopic (exact) mass is 551 g/mol. The number of carbonyl (C=O) groups excluding carboxylic acids is 1. The molecule has 0 aliphatic rings. The number of alkyl halides is 3. The number of halogens is 3. The number of carboxylic acids is 1. The molecule has 1 heterocycles. The molecule has 0 aliphatic heterocycles. The first kappa shape index (κ1) is 29.0. The Labute approximate surface area is 221 Å². The molecule has 1 unspecified atom stereocenters. The van der Waals surface area contributed by atoms with Crippen LogP contribution in [-0.4, -0.2) is 42.3 Å². The van der Waals surface area contributed by atoms with E-state index in [1.165, 1.54) is 38.1 Å². The van der Waals surface area contributed by atoms with E-state index in [2.05, 4.69) is 5.10 Å². The summed E-state index contributed by atoms with van der Waals surface area (Å²) in [4.78, 5) is 37.5. The van der Waals surface area contributed by atoms with Gasteiger partial charge in [-0.2, -0.15) is 18.3 Å². The first-order chi connectivity index (χ1) is 17.7. The Morgan fingerprint density at radius 1 is 1.08 bits per heavy atom. The summed E-state index contributed by atoms with van der Waals surface area (Å²) in [5.74, 6) is -3.01. The molecule has 8 nitrogen and oxygen atoms in total. The van der Waals surface area contributed by atoms with Gasteiger partial charge in [0.25, 0.3) is 6.10 Å². The van der Waals surface area contributed by atoms with Crippen molar-refractivity contribution < 1.29 is 32.6 Å². The van der Waals surface area contributed by atoms with Crippen LogP contribution in [0.3, 0.4) is 0 Å². The summed E-state index contributed by atoms with van der Waals surface area (Å²) in [5.41, 5.74) is 0.755. The number of esters is 1. The molecule has 3 rings (SSSR count). The Balaban J connectivity index is 1.90. The Morgan fingerprint density at radius 2 is 1.68 bits per heavy atom. The van der Waals surface area contributed by atoms with Gasteiger partial charge in [0.15, 0.2) is 5.82 Å². The maximum absolute atomic E-state index is 14.1. The van der Waals surface area contributed by atoms with Crippen molar-refractivity contribution in [3.05, 3.63) is 81.5 Å². The molecule has 3 aromatic rings. The topological polar surface area (TPSA) is 103 Å². The van der Waals surface area contributed by atoms with Crippen molar-refractivity contribution in [1.82, 2.24) is 14.3 Å². The third-order valence-electron chi connectivity index (χ3n) is 5.59. The summed E-state index contributed by atoms with van der Waals surface area (Å²) in [6, 6.07) is 12.5. The molecule has 1 atom stereocenters. The van der Waals surface area contributed by atoms with Crippen LogP contribution in [0.25, 0.3) is 0 Å². The molecule has 0 radical (unpaired) electrons. The highest BCUT2D eigenvalue weighted by Crippen LogP contribution is 2.36. The van der Waals surface area contributed by atoms with Crippen LogP contribution in [0.5, 0.6) is 0 Å². The zero-order valence-electron chi connectivity index (χ0n) is 21.3. The van der Waals surface area contributed by atoms with Gasteiger partial charge in [0.1, 0.15) is 4.75 Å². The summed E-state index contributed by atoms with van der Waals surface area (Å²) < 4.78 is 48.0. The normalized spacial score (nSPS) is 12.8. The molecular weight excluding hydrogens is 523 g/mol. The molecule has 2 aromatic carbocycles. The van der Waals surface area contributed by atoms with E-state index in [1.807, 2.05) is 19.1 Å². The SMILES string of the molecule is CCCn1c(C(OC(=O)c2ccc(SC(C)(C)C(=O)O)cc2)C(F)(F)F)nn(Cc2ccc(C)cc2)c1=O. The third-order valence-corrected chi connectivity index (χ3v) is 6.78. The van der Waals surface area contributed by atoms with Crippen molar-refractivity contribution in [3.8, 4) is 0 Å². The van der Waals surface area contributed by atoms with Crippen LogP contribution < -0.4 is 5.69 Å². The summed E-state index contributed by atoms with van der Waals surface area (Å²) in [6.07, 6.45) is -7.46. The van der Waals surface area contributed by atoms with Crippen LogP contribution in [0.2, 0.25) is 0 Å². The molecule has 1 N–H and O–H groups in total. The Kier molecular flexibility index (Phi) is 8.75. The van der Waals surface area contributed by atoms with Gasteiger partial charge in [-0.3, -0.25) is 9.36 Å². The van der Waals surface area contributed by atoms with Crippen molar-refractivity contribution in [2.24, 2.45) is 0 Å². The molecular formula is C26H28F3N3O5S. The van der Waals surface area contributed by atoms with Crippen molar-refractivity contribution in [2.45, 2.75) is 69.1 Å². The molecule has 38 heavy (non-hydrogen) atoms. The minimum Gasteiger partial charge on any atom is -0.480 e. The van der Waals surface area contributed by atoms with Gasteiger partial charge < -0.3 is 9.84 Å².